The van der Waals surface area contributed by atoms with Crippen LogP contribution in [0, 0.1) is 5.82 Å². The van der Waals surface area contributed by atoms with Crippen molar-refractivity contribution in [2.24, 2.45) is 0 Å². The predicted octanol–water partition coefficient (Wildman–Crippen LogP) is 4.04. The second-order valence-electron chi connectivity index (χ2n) is 7.55. The molecule has 0 spiro atoms. The average Bonchev–Trinajstić information content (AvgIpc) is 3.27. The summed E-state index contributed by atoms with van der Waals surface area (Å²) in [4.78, 5) is 33.3. The van der Waals surface area contributed by atoms with Crippen LogP contribution in [0.25, 0.3) is 10.6 Å². The highest BCUT2D eigenvalue weighted by molar-refractivity contribution is 7.13. The lowest BCUT2D eigenvalue weighted by Crippen LogP contribution is -2.51. The molecular weight excluding hydrogens is 413 g/mol. The molecule has 4 rings (SSSR count). The standard InChI is InChI=1S/C24H24FN3O2S/c1-2-17-6-8-18(9-7-17)23-26-21(16-31-23)15-22(29)27-10-12-28(13-11-27)24(30)19-4-3-5-20(25)14-19/h3-9,14,16H,2,10-13,15H2,1H3. The summed E-state index contributed by atoms with van der Waals surface area (Å²) in [5.74, 6) is -0.621. The molecule has 7 heteroatoms. The normalized spacial score (nSPS) is 14.0. The molecule has 1 aliphatic rings. The summed E-state index contributed by atoms with van der Waals surface area (Å²) in [6.45, 7) is 3.93. The van der Waals surface area contributed by atoms with E-state index >= 15 is 0 Å². The fourth-order valence-corrected chi connectivity index (χ4v) is 4.46. The summed E-state index contributed by atoms with van der Waals surface area (Å²) < 4.78 is 13.4. The van der Waals surface area contributed by atoms with Gasteiger partial charge in [-0.05, 0) is 30.2 Å². The SMILES string of the molecule is CCc1ccc(-c2nc(CC(=O)N3CCN(C(=O)c4cccc(F)c4)CC3)cs2)cc1. The minimum atomic E-state index is -0.427. The van der Waals surface area contributed by atoms with Crippen LogP contribution in [-0.2, 0) is 17.6 Å². The Kier molecular flexibility index (Phi) is 6.42. The Morgan fingerprint density at radius 3 is 2.42 bits per heavy atom. The maximum absolute atomic E-state index is 13.4. The van der Waals surface area contributed by atoms with Crippen molar-refractivity contribution < 1.29 is 14.0 Å². The van der Waals surface area contributed by atoms with Crippen molar-refractivity contribution >= 4 is 23.2 Å². The van der Waals surface area contributed by atoms with Gasteiger partial charge >= 0.3 is 0 Å². The molecule has 3 aromatic rings. The first kappa shape index (κ1) is 21.2. The van der Waals surface area contributed by atoms with Gasteiger partial charge in [0, 0.05) is 42.7 Å². The van der Waals surface area contributed by atoms with Crippen molar-refractivity contribution in [2.45, 2.75) is 19.8 Å². The zero-order valence-electron chi connectivity index (χ0n) is 17.4. The van der Waals surface area contributed by atoms with Crippen molar-refractivity contribution in [3.8, 4) is 10.6 Å². The molecule has 5 nitrogen and oxygen atoms in total. The van der Waals surface area contributed by atoms with Crippen molar-refractivity contribution in [3.63, 3.8) is 0 Å². The van der Waals surface area contributed by atoms with Crippen LogP contribution in [0.4, 0.5) is 4.39 Å². The number of piperazine rings is 1. The predicted molar refractivity (Wildman–Crippen MR) is 120 cm³/mol. The van der Waals surface area contributed by atoms with Crippen molar-refractivity contribution in [1.82, 2.24) is 14.8 Å². The molecule has 0 saturated carbocycles. The number of aromatic nitrogens is 1. The number of carbonyl (C=O) groups excluding carboxylic acids is 2. The van der Waals surface area contributed by atoms with Crippen LogP contribution in [0.5, 0.6) is 0 Å². The largest absolute Gasteiger partial charge is 0.339 e. The second-order valence-corrected chi connectivity index (χ2v) is 8.41. The molecule has 0 atom stereocenters. The fourth-order valence-electron chi connectivity index (χ4n) is 3.63. The van der Waals surface area contributed by atoms with Crippen LogP contribution in [-0.4, -0.2) is 52.8 Å². The van der Waals surface area contributed by atoms with Crippen molar-refractivity contribution in [3.05, 3.63) is 76.5 Å². The lowest BCUT2D eigenvalue weighted by atomic mass is 10.1. The first-order chi connectivity index (χ1) is 15.0. The lowest BCUT2D eigenvalue weighted by Gasteiger charge is -2.34. The van der Waals surface area contributed by atoms with Crippen LogP contribution in [0.2, 0.25) is 0 Å². The number of rotatable bonds is 5. The lowest BCUT2D eigenvalue weighted by molar-refractivity contribution is -0.132. The van der Waals surface area contributed by atoms with Gasteiger partial charge in [-0.15, -0.1) is 11.3 Å². The Bertz CT molecular complexity index is 1070. The number of amides is 2. The first-order valence-electron chi connectivity index (χ1n) is 10.4. The molecule has 2 amide bonds. The zero-order chi connectivity index (χ0) is 21.8. The van der Waals surface area contributed by atoms with Gasteiger partial charge in [0.25, 0.3) is 5.91 Å². The molecule has 160 valence electrons. The van der Waals surface area contributed by atoms with Gasteiger partial charge < -0.3 is 9.80 Å². The number of halogens is 1. The molecule has 0 aliphatic carbocycles. The molecule has 1 fully saturated rings. The number of benzene rings is 2. The van der Waals surface area contributed by atoms with E-state index in [9.17, 15) is 14.0 Å². The van der Waals surface area contributed by atoms with E-state index in [1.807, 2.05) is 5.38 Å². The molecular formula is C24H24FN3O2S. The quantitative estimate of drug-likeness (QED) is 0.605. The van der Waals surface area contributed by atoms with Gasteiger partial charge in [0.2, 0.25) is 5.91 Å². The third-order valence-electron chi connectivity index (χ3n) is 5.48. The molecule has 0 radical (unpaired) electrons. The molecule has 1 aromatic heterocycles. The molecule has 1 saturated heterocycles. The van der Waals surface area contributed by atoms with E-state index in [0.29, 0.717) is 31.7 Å². The number of nitrogens with zero attached hydrogens (tertiary/aromatic N) is 3. The third-order valence-corrected chi connectivity index (χ3v) is 6.42. The minimum absolute atomic E-state index is 0.0102. The number of hydrogen-bond acceptors (Lipinski definition) is 4. The molecule has 0 bridgehead atoms. The molecule has 31 heavy (non-hydrogen) atoms. The maximum atomic E-state index is 13.4. The average molecular weight is 438 g/mol. The molecule has 0 N–H and O–H groups in total. The van der Waals surface area contributed by atoms with Crippen LogP contribution < -0.4 is 0 Å². The smallest absolute Gasteiger partial charge is 0.254 e. The van der Waals surface area contributed by atoms with Crippen LogP contribution in [0.3, 0.4) is 0 Å². The van der Waals surface area contributed by atoms with E-state index in [0.717, 1.165) is 22.7 Å². The van der Waals surface area contributed by atoms with E-state index in [2.05, 4.69) is 36.2 Å². The summed E-state index contributed by atoms with van der Waals surface area (Å²) in [5, 5.41) is 2.85. The highest BCUT2D eigenvalue weighted by Crippen LogP contribution is 2.24. The number of carbonyl (C=O) groups is 2. The Hall–Kier alpha value is -3.06. The van der Waals surface area contributed by atoms with E-state index in [1.165, 1.54) is 23.8 Å². The van der Waals surface area contributed by atoms with E-state index < -0.39 is 5.82 Å². The van der Waals surface area contributed by atoms with Gasteiger partial charge in [-0.25, -0.2) is 9.37 Å². The Morgan fingerprint density at radius 1 is 1.03 bits per heavy atom. The summed E-state index contributed by atoms with van der Waals surface area (Å²) in [6.07, 6.45) is 1.25. The Morgan fingerprint density at radius 2 is 1.74 bits per heavy atom. The van der Waals surface area contributed by atoms with E-state index in [4.69, 9.17) is 0 Å². The van der Waals surface area contributed by atoms with E-state index in [1.54, 1.807) is 27.2 Å². The minimum Gasteiger partial charge on any atom is -0.339 e. The second kappa shape index (κ2) is 9.39. The number of hydrogen-bond donors (Lipinski definition) is 0. The first-order valence-corrected chi connectivity index (χ1v) is 11.3. The van der Waals surface area contributed by atoms with Crippen LogP contribution >= 0.6 is 11.3 Å². The van der Waals surface area contributed by atoms with Crippen LogP contribution in [0.1, 0.15) is 28.5 Å². The summed E-state index contributed by atoms with van der Waals surface area (Å²) in [7, 11) is 0. The zero-order valence-corrected chi connectivity index (χ0v) is 18.2. The summed E-state index contributed by atoms with van der Waals surface area (Å²) in [6, 6.07) is 14.0. The summed E-state index contributed by atoms with van der Waals surface area (Å²) in [5.41, 5.74) is 3.45. The topological polar surface area (TPSA) is 53.5 Å². The third kappa shape index (κ3) is 4.99. The highest BCUT2D eigenvalue weighted by atomic mass is 32.1. The van der Waals surface area contributed by atoms with Gasteiger partial charge in [-0.3, -0.25) is 9.59 Å². The maximum Gasteiger partial charge on any atom is 0.254 e. The molecule has 2 heterocycles. The monoisotopic (exact) mass is 437 g/mol. The van der Waals surface area contributed by atoms with Crippen molar-refractivity contribution in [1.29, 1.82) is 0 Å². The Balaban J connectivity index is 1.32. The molecule has 2 aromatic carbocycles. The van der Waals surface area contributed by atoms with Crippen molar-refractivity contribution in [2.75, 3.05) is 26.2 Å². The van der Waals surface area contributed by atoms with Gasteiger partial charge in [-0.2, -0.15) is 0 Å². The summed E-state index contributed by atoms with van der Waals surface area (Å²) >= 11 is 1.54. The molecule has 0 unspecified atom stereocenters. The van der Waals surface area contributed by atoms with Gasteiger partial charge in [0.15, 0.2) is 0 Å². The number of aryl methyl sites for hydroxylation is 1. The molecule has 1 aliphatic heterocycles. The van der Waals surface area contributed by atoms with Gasteiger partial charge in [0.1, 0.15) is 10.8 Å². The van der Waals surface area contributed by atoms with Gasteiger partial charge in [0.05, 0.1) is 12.1 Å². The highest BCUT2D eigenvalue weighted by Gasteiger charge is 2.25. The fraction of sp³-hybridized carbons (Fsp3) is 0.292. The number of thiazole rings is 1. The van der Waals surface area contributed by atoms with Gasteiger partial charge in [-0.1, -0.05) is 37.3 Å². The van der Waals surface area contributed by atoms with Crippen LogP contribution in [0.15, 0.2) is 53.9 Å². The van der Waals surface area contributed by atoms with E-state index in [-0.39, 0.29) is 18.2 Å². The Labute approximate surface area is 185 Å².